The third kappa shape index (κ3) is 31.9. The van der Waals surface area contributed by atoms with Crippen LogP contribution < -0.4 is 0 Å². The quantitative estimate of drug-likeness (QED) is 0.0600. The highest BCUT2D eigenvalue weighted by molar-refractivity contribution is 5.69. The zero-order chi connectivity index (χ0) is 28.5. The second kappa shape index (κ2) is 33.7. The average molecular weight is 551 g/mol. The summed E-state index contributed by atoms with van der Waals surface area (Å²) in [4.78, 5) is 12.3. The molecule has 0 saturated carbocycles. The van der Waals surface area contributed by atoms with Crippen molar-refractivity contribution in [3.05, 3.63) is 0 Å². The molecule has 0 fully saturated rings. The van der Waals surface area contributed by atoms with Crippen LogP contribution in [0, 0.1) is 5.92 Å². The van der Waals surface area contributed by atoms with E-state index >= 15 is 0 Å². The molecule has 0 N–H and O–H groups in total. The Balaban J connectivity index is 3.82. The molecule has 0 aromatic heterocycles. The van der Waals surface area contributed by atoms with Gasteiger partial charge in [-0.1, -0.05) is 201 Å². The zero-order valence-corrected chi connectivity index (χ0v) is 27.5. The van der Waals surface area contributed by atoms with Crippen molar-refractivity contribution in [2.75, 3.05) is 6.61 Å². The molecule has 0 aliphatic rings. The summed E-state index contributed by atoms with van der Waals surface area (Å²) in [7, 11) is 0. The van der Waals surface area contributed by atoms with E-state index in [-0.39, 0.29) is 5.97 Å². The summed E-state index contributed by atoms with van der Waals surface area (Å²) in [5.74, 6) is 0.795. The van der Waals surface area contributed by atoms with Crippen molar-refractivity contribution in [2.24, 2.45) is 5.92 Å². The molecule has 2 heteroatoms. The van der Waals surface area contributed by atoms with Gasteiger partial charge in [-0.05, 0) is 18.8 Å². The lowest BCUT2D eigenvalue weighted by atomic mass is 9.91. The van der Waals surface area contributed by atoms with Crippen LogP contribution in [0.1, 0.15) is 220 Å². The maximum atomic E-state index is 12.3. The third-order valence-corrected chi connectivity index (χ3v) is 8.71. The molecule has 1 unspecified atom stereocenters. The number of carbonyl (C=O) groups is 1. The number of unbranched alkanes of at least 4 members (excludes halogenated alkanes) is 24. The van der Waals surface area contributed by atoms with E-state index < -0.39 is 0 Å². The summed E-state index contributed by atoms with van der Waals surface area (Å²) < 4.78 is 5.68. The van der Waals surface area contributed by atoms with Crippen LogP contribution in [0.5, 0.6) is 0 Å². The van der Waals surface area contributed by atoms with Crippen molar-refractivity contribution in [1.29, 1.82) is 0 Å². The van der Waals surface area contributed by atoms with Gasteiger partial charge in [-0.25, -0.2) is 0 Å². The van der Waals surface area contributed by atoms with E-state index in [2.05, 4.69) is 20.8 Å². The van der Waals surface area contributed by atoms with Crippen LogP contribution in [0.25, 0.3) is 0 Å². The Bertz CT molecular complexity index is 460. The summed E-state index contributed by atoms with van der Waals surface area (Å²) in [5.41, 5.74) is 0. The summed E-state index contributed by atoms with van der Waals surface area (Å²) in [5, 5.41) is 0. The normalized spacial score (nSPS) is 12.2. The zero-order valence-electron chi connectivity index (χ0n) is 27.5. The first-order valence-electron chi connectivity index (χ1n) is 18.4. The van der Waals surface area contributed by atoms with Crippen LogP contribution in [0.3, 0.4) is 0 Å². The lowest BCUT2D eigenvalue weighted by Gasteiger charge is -2.17. The Labute approximate surface area is 247 Å². The van der Waals surface area contributed by atoms with Crippen molar-refractivity contribution in [1.82, 2.24) is 0 Å². The molecule has 0 saturated heterocycles. The highest BCUT2D eigenvalue weighted by Crippen LogP contribution is 2.23. The largest absolute Gasteiger partial charge is 0.466 e. The molecule has 0 bridgehead atoms. The second-order valence-corrected chi connectivity index (χ2v) is 12.7. The molecular formula is C37H74O2. The molecule has 0 aliphatic carbocycles. The maximum absolute atomic E-state index is 12.3. The van der Waals surface area contributed by atoms with Crippen LogP contribution in [-0.2, 0) is 9.53 Å². The molecule has 39 heavy (non-hydrogen) atoms. The van der Waals surface area contributed by atoms with Gasteiger partial charge in [0.15, 0.2) is 0 Å². The summed E-state index contributed by atoms with van der Waals surface area (Å²) in [6.45, 7) is 7.52. The van der Waals surface area contributed by atoms with E-state index in [4.69, 9.17) is 4.74 Å². The second-order valence-electron chi connectivity index (χ2n) is 12.7. The number of hydrogen-bond donors (Lipinski definition) is 0. The number of esters is 1. The van der Waals surface area contributed by atoms with Crippen LogP contribution in [-0.4, -0.2) is 12.6 Å². The summed E-state index contributed by atoms with van der Waals surface area (Å²) in [6, 6.07) is 0. The predicted molar refractivity (Wildman–Crippen MR) is 175 cm³/mol. The molecular weight excluding hydrogens is 476 g/mol. The van der Waals surface area contributed by atoms with Gasteiger partial charge in [0.05, 0.1) is 6.61 Å². The Hall–Kier alpha value is -0.530. The van der Waals surface area contributed by atoms with E-state index in [1.807, 2.05) is 0 Å². The first-order valence-corrected chi connectivity index (χ1v) is 18.4. The molecule has 0 radical (unpaired) electrons. The number of hydrogen-bond acceptors (Lipinski definition) is 2. The van der Waals surface area contributed by atoms with Gasteiger partial charge in [0, 0.05) is 6.42 Å². The Morgan fingerprint density at radius 2 is 0.718 bits per heavy atom. The fourth-order valence-corrected chi connectivity index (χ4v) is 5.91. The topological polar surface area (TPSA) is 26.3 Å². The van der Waals surface area contributed by atoms with Crippen LogP contribution in [0.15, 0.2) is 0 Å². The van der Waals surface area contributed by atoms with E-state index in [9.17, 15) is 4.79 Å². The standard InChI is InChI=1S/C37H74O2/c1-4-7-10-13-16-18-19-20-21-22-24-27-30-33-37(38)39-35-34-36(31-28-25-15-12-9-6-3)32-29-26-23-17-14-11-8-5-2/h36H,4-35H2,1-3H3. The van der Waals surface area contributed by atoms with Gasteiger partial charge in [-0.3, -0.25) is 4.79 Å². The molecule has 1 atom stereocenters. The number of ether oxygens (including phenoxy) is 1. The van der Waals surface area contributed by atoms with Gasteiger partial charge in [-0.2, -0.15) is 0 Å². The van der Waals surface area contributed by atoms with Gasteiger partial charge in [0.2, 0.25) is 0 Å². The van der Waals surface area contributed by atoms with E-state index in [0.29, 0.717) is 13.0 Å². The number of rotatable bonds is 33. The lowest BCUT2D eigenvalue weighted by molar-refractivity contribution is -0.144. The lowest BCUT2D eigenvalue weighted by Crippen LogP contribution is -2.10. The van der Waals surface area contributed by atoms with Gasteiger partial charge in [0.25, 0.3) is 0 Å². The molecule has 0 rings (SSSR count). The highest BCUT2D eigenvalue weighted by Gasteiger charge is 2.11. The van der Waals surface area contributed by atoms with Gasteiger partial charge < -0.3 is 4.74 Å². The Kier molecular flexibility index (Phi) is 33.2. The van der Waals surface area contributed by atoms with Crippen molar-refractivity contribution in [3.63, 3.8) is 0 Å². The highest BCUT2D eigenvalue weighted by atomic mass is 16.5. The van der Waals surface area contributed by atoms with E-state index in [1.54, 1.807) is 0 Å². The summed E-state index contributed by atoms with van der Waals surface area (Å²) in [6.07, 6.45) is 41.2. The van der Waals surface area contributed by atoms with Crippen molar-refractivity contribution >= 4 is 5.97 Å². The van der Waals surface area contributed by atoms with Crippen molar-refractivity contribution < 1.29 is 9.53 Å². The Morgan fingerprint density at radius 1 is 0.410 bits per heavy atom. The molecule has 0 aromatic carbocycles. The van der Waals surface area contributed by atoms with Crippen molar-refractivity contribution in [3.8, 4) is 0 Å². The van der Waals surface area contributed by atoms with Gasteiger partial charge in [-0.15, -0.1) is 0 Å². The van der Waals surface area contributed by atoms with Crippen LogP contribution in [0.4, 0.5) is 0 Å². The predicted octanol–water partition coefficient (Wildman–Crippen LogP) is 13.3. The molecule has 2 nitrogen and oxygen atoms in total. The SMILES string of the molecule is CCCCCCCCCCCCCCCC(=O)OCCC(CCCCCCCC)CCCCCCCCCC. The minimum Gasteiger partial charge on any atom is -0.466 e. The van der Waals surface area contributed by atoms with Crippen LogP contribution >= 0.6 is 0 Å². The molecule has 0 spiro atoms. The smallest absolute Gasteiger partial charge is 0.305 e. The fourth-order valence-electron chi connectivity index (χ4n) is 5.91. The molecule has 0 heterocycles. The van der Waals surface area contributed by atoms with Crippen LogP contribution in [0.2, 0.25) is 0 Å². The van der Waals surface area contributed by atoms with E-state index in [0.717, 1.165) is 18.8 Å². The van der Waals surface area contributed by atoms with E-state index in [1.165, 1.54) is 180 Å². The minimum atomic E-state index is 0.0449. The third-order valence-electron chi connectivity index (χ3n) is 8.71. The molecule has 0 aliphatic heterocycles. The van der Waals surface area contributed by atoms with Gasteiger partial charge in [0.1, 0.15) is 0 Å². The molecule has 234 valence electrons. The monoisotopic (exact) mass is 551 g/mol. The maximum Gasteiger partial charge on any atom is 0.305 e. The fraction of sp³-hybridized carbons (Fsp3) is 0.973. The van der Waals surface area contributed by atoms with Gasteiger partial charge >= 0.3 is 5.97 Å². The average Bonchev–Trinajstić information content (AvgIpc) is 2.94. The first-order chi connectivity index (χ1) is 19.2. The Morgan fingerprint density at radius 3 is 1.08 bits per heavy atom. The minimum absolute atomic E-state index is 0.0449. The number of carbonyl (C=O) groups excluding carboxylic acids is 1. The van der Waals surface area contributed by atoms with Crippen molar-refractivity contribution in [2.45, 2.75) is 220 Å². The molecule has 0 amide bonds. The first kappa shape index (κ1) is 38.5. The molecule has 0 aromatic rings. The summed E-state index contributed by atoms with van der Waals surface area (Å²) >= 11 is 0.